The van der Waals surface area contributed by atoms with Gasteiger partial charge in [-0.2, -0.15) is 0 Å². The SMILES string of the molecule is CCOC(=O)c1cccc(N(Cc2cccnc2)c2ccc(OC)c(OC3CCCO3)c2)c1. The van der Waals surface area contributed by atoms with Crippen LogP contribution in [0, 0.1) is 0 Å². The van der Waals surface area contributed by atoms with Gasteiger partial charge in [0, 0.05) is 42.8 Å². The second-order valence-electron chi connectivity index (χ2n) is 7.61. The Bertz CT molecular complexity index is 1070. The van der Waals surface area contributed by atoms with Gasteiger partial charge in [0.15, 0.2) is 17.8 Å². The summed E-state index contributed by atoms with van der Waals surface area (Å²) in [4.78, 5) is 18.7. The molecule has 7 nitrogen and oxygen atoms in total. The number of rotatable bonds is 9. The second-order valence-corrected chi connectivity index (χ2v) is 7.61. The van der Waals surface area contributed by atoms with Crippen LogP contribution in [-0.2, 0) is 16.0 Å². The Labute approximate surface area is 193 Å². The van der Waals surface area contributed by atoms with Crippen LogP contribution in [0.5, 0.6) is 11.5 Å². The van der Waals surface area contributed by atoms with Gasteiger partial charge in [-0.25, -0.2) is 4.79 Å². The molecule has 0 N–H and O–H groups in total. The van der Waals surface area contributed by atoms with E-state index in [4.69, 9.17) is 18.9 Å². The minimum Gasteiger partial charge on any atom is -0.493 e. The highest BCUT2D eigenvalue weighted by Gasteiger charge is 2.21. The highest BCUT2D eigenvalue weighted by molar-refractivity contribution is 5.91. The number of anilines is 2. The van der Waals surface area contributed by atoms with E-state index in [9.17, 15) is 4.79 Å². The number of aromatic nitrogens is 1. The lowest BCUT2D eigenvalue weighted by Gasteiger charge is -2.27. The molecule has 0 bridgehead atoms. The number of hydrogen-bond donors (Lipinski definition) is 0. The van der Waals surface area contributed by atoms with Crippen molar-refractivity contribution < 1.29 is 23.7 Å². The molecule has 2 aromatic carbocycles. The summed E-state index contributed by atoms with van der Waals surface area (Å²) in [5.41, 5.74) is 3.25. The Morgan fingerprint density at radius 1 is 1.12 bits per heavy atom. The molecule has 7 heteroatoms. The smallest absolute Gasteiger partial charge is 0.338 e. The Hall–Kier alpha value is -3.58. The molecule has 1 aromatic heterocycles. The Balaban J connectivity index is 1.72. The van der Waals surface area contributed by atoms with Crippen molar-refractivity contribution in [3.8, 4) is 11.5 Å². The third kappa shape index (κ3) is 5.62. The van der Waals surface area contributed by atoms with Crippen molar-refractivity contribution in [1.29, 1.82) is 0 Å². The molecule has 4 rings (SSSR count). The van der Waals surface area contributed by atoms with Crippen molar-refractivity contribution >= 4 is 17.3 Å². The molecule has 0 spiro atoms. The van der Waals surface area contributed by atoms with E-state index in [1.54, 1.807) is 26.3 Å². The van der Waals surface area contributed by atoms with Crippen molar-refractivity contribution in [2.75, 3.05) is 25.2 Å². The summed E-state index contributed by atoms with van der Waals surface area (Å²) in [5, 5.41) is 0. The van der Waals surface area contributed by atoms with E-state index in [2.05, 4.69) is 9.88 Å². The summed E-state index contributed by atoms with van der Waals surface area (Å²) in [5.74, 6) is 0.897. The van der Waals surface area contributed by atoms with E-state index in [0.717, 1.165) is 29.8 Å². The molecule has 0 radical (unpaired) electrons. The number of esters is 1. The van der Waals surface area contributed by atoms with Crippen LogP contribution in [0.1, 0.15) is 35.7 Å². The van der Waals surface area contributed by atoms with Crippen LogP contribution in [0.3, 0.4) is 0 Å². The lowest BCUT2D eigenvalue weighted by atomic mass is 10.1. The number of ether oxygens (including phenoxy) is 4. The average molecular weight is 449 g/mol. The molecule has 1 unspecified atom stereocenters. The predicted octanol–water partition coefficient (Wildman–Crippen LogP) is 5.12. The number of benzene rings is 2. The monoisotopic (exact) mass is 448 g/mol. The lowest BCUT2D eigenvalue weighted by Crippen LogP contribution is -2.18. The van der Waals surface area contributed by atoms with Crippen LogP contribution in [0.15, 0.2) is 67.0 Å². The minimum atomic E-state index is -0.349. The number of carbonyl (C=O) groups is 1. The first-order chi connectivity index (χ1) is 16.2. The first kappa shape index (κ1) is 22.6. The number of nitrogens with zero attached hydrogens (tertiary/aromatic N) is 2. The molecule has 0 amide bonds. The van der Waals surface area contributed by atoms with Crippen molar-refractivity contribution in [2.24, 2.45) is 0 Å². The fourth-order valence-electron chi connectivity index (χ4n) is 3.73. The van der Waals surface area contributed by atoms with E-state index in [1.165, 1.54) is 0 Å². The molecule has 1 aliphatic heterocycles. The molecule has 2 heterocycles. The van der Waals surface area contributed by atoms with E-state index < -0.39 is 0 Å². The van der Waals surface area contributed by atoms with Crippen LogP contribution in [0.25, 0.3) is 0 Å². The average Bonchev–Trinajstić information content (AvgIpc) is 3.36. The van der Waals surface area contributed by atoms with Crippen molar-refractivity contribution in [3.63, 3.8) is 0 Å². The van der Waals surface area contributed by atoms with Gasteiger partial charge < -0.3 is 23.8 Å². The third-order valence-corrected chi connectivity index (χ3v) is 5.34. The summed E-state index contributed by atoms with van der Waals surface area (Å²) >= 11 is 0. The highest BCUT2D eigenvalue weighted by atomic mass is 16.7. The normalized spacial score (nSPS) is 15.2. The molecule has 1 saturated heterocycles. The fraction of sp³-hybridized carbons (Fsp3) is 0.308. The van der Waals surface area contributed by atoms with Gasteiger partial charge in [-0.15, -0.1) is 0 Å². The Kier molecular flexibility index (Phi) is 7.42. The highest BCUT2D eigenvalue weighted by Crippen LogP contribution is 2.37. The van der Waals surface area contributed by atoms with Gasteiger partial charge in [0.2, 0.25) is 0 Å². The summed E-state index contributed by atoms with van der Waals surface area (Å²) < 4.78 is 22.5. The van der Waals surface area contributed by atoms with Gasteiger partial charge in [-0.1, -0.05) is 12.1 Å². The van der Waals surface area contributed by atoms with Crippen LogP contribution in [0.4, 0.5) is 11.4 Å². The van der Waals surface area contributed by atoms with Crippen molar-refractivity contribution in [1.82, 2.24) is 4.98 Å². The molecular weight excluding hydrogens is 420 g/mol. The molecule has 172 valence electrons. The van der Waals surface area contributed by atoms with Gasteiger partial charge in [-0.05, 0) is 55.3 Å². The van der Waals surface area contributed by atoms with Gasteiger partial charge in [-0.3, -0.25) is 4.98 Å². The third-order valence-electron chi connectivity index (χ3n) is 5.34. The van der Waals surface area contributed by atoms with Crippen LogP contribution < -0.4 is 14.4 Å². The lowest BCUT2D eigenvalue weighted by molar-refractivity contribution is -0.0402. The number of methoxy groups -OCH3 is 1. The maximum atomic E-state index is 12.3. The summed E-state index contributed by atoms with van der Waals surface area (Å²) in [6.45, 7) is 3.36. The van der Waals surface area contributed by atoms with Gasteiger partial charge in [0.05, 0.1) is 25.9 Å². The first-order valence-corrected chi connectivity index (χ1v) is 11.1. The largest absolute Gasteiger partial charge is 0.493 e. The van der Waals surface area contributed by atoms with Crippen LogP contribution in [0.2, 0.25) is 0 Å². The van der Waals surface area contributed by atoms with E-state index >= 15 is 0 Å². The Morgan fingerprint density at radius 3 is 2.73 bits per heavy atom. The first-order valence-electron chi connectivity index (χ1n) is 11.1. The van der Waals surface area contributed by atoms with Gasteiger partial charge in [0.1, 0.15) is 0 Å². The van der Waals surface area contributed by atoms with Crippen LogP contribution >= 0.6 is 0 Å². The quantitative estimate of drug-likeness (QED) is 0.421. The topological polar surface area (TPSA) is 70.1 Å². The van der Waals surface area contributed by atoms with Crippen LogP contribution in [-0.4, -0.2) is 37.6 Å². The van der Waals surface area contributed by atoms with Gasteiger partial charge >= 0.3 is 5.97 Å². The van der Waals surface area contributed by atoms with E-state index in [0.29, 0.717) is 36.8 Å². The molecule has 33 heavy (non-hydrogen) atoms. The zero-order valence-electron chi connectivity index (χ0n) is 18.9. The summed E-state index contributed by atoms with van der Waals surface area (Å²) in [6, 6.07) is 17.1. The molecule has 1 atom stereocenters. The number of carbonyl (C=O) groups excluding carboxylic acids is 1. The van der Waals surface area contributed by atoms with Crippen molar-refractivity contribution in [3.05, 3.63) is 78.1 Å². The molecule has 1 fully saturated rings. The fourth-order valence-corrected chi connectivity index (χ4v) is 3.73. The Morgan fingerprint density at radius 2 is 2.00 bits per heavy atom. The minimum absolute atomic E-state index is 0.284. The standard InChI is InChI=1S/C26H28N2O5/c1-3-31-26(29)20-8-4-9-21(15-20)28(18-19-7-5-13-27-17-19)22-11-12-23(30-2)24(16-22)33-25-10-6-14-32-25/h4-5,7-9,11-13,15-17,25H,3,6,10,14,18H2,1-2H3. The summed E-state index contributed by atoms with van der Waals surface area (Å²) in [7, 11) is 1.62. The zero-order chi connectivity index (χ0) is 23.0. The van der Waals surface area contributed by atoms with Gasteiger partial charge in [0.25, 0.3) is 0 Å². The predicted molar refractivity (Wildman–Crippen MR) is 125 cm³/mol. The molecule has 0 saturated carbocycles. The molecule has 0 aliphatic carbocycles. The molecule has 3 aromatic rings. The molecule has 1 aliphatic rings. The second kappa shape index (κ2) is 10.8. The summed E-state index contributed by atoms with van der Waals surface area (Å²) in [6.07, 6.45) is 5.11. The maximum Gasteiger partial charge on any atom is 0.338 e. The molecular formula is C26H28N2O5. The van der Waals surface area contributed by atoms with Crippen molar-refractivity contribution in [2.45, 2.75) is 32.6 Å². The number of hydrogen-bond acceptors (Lipinski definition) is 7. The van der Waals surface area contributed by atoms with E-state index in [1.807, 2.05) is 54.7 Å². The van der Waals surface area contributed by atoms with E-state index in [-0.39, 0.29) is 12.3 Å². The zero-order valence-corrected chi connectivity index (χ0v) is 18.9. The number of pyridine rings is 1. The maximum absolute atomic E-state index is 12.3.